The van der Waals surface area contributed by atoms with Gasteiger partial charge in [-0.3, -0.25) is 9.59 Å². The lowest BCUT2D eigenvalue weighted by molar-refractivity contribution is -0.147. The van der Waals surface area contributed by atoms with Crippen molar-refractivity contribution in [1.29, 1.82) is 0 Å². The molecule has 0 radical (unpaired) electrons. The fraction of sp³-hybridized carbons (Fsp3) is 0.467. The number of benzene rings is 1. The van der Waals surface area contributed by atoms with Gasteiger partial charge in [0.1, 0.15) is 5.60 Å². The van der Waals surface area contributed by atoms with Gasteiger partial charge in [-0.15, -0.1) is 0 Å². The second-order valence-corrected chi connectivity index (χ2v) is 5.74. The van der Waals surface area contributed by atoms with E-state index in [1.54, 1.807) is 13.8 Å². The van der Waals surface area contributed by atoms with E-state index < -0.39 is 11.5 Å². The molecule has 2 aliphatic rings. The van der Waals surface area contributed by atoms with Gasteiger partial charge in [0.15, 0.2) is 11.5 Å². The number of nitrogens with one attached hydrogen (secondary N) is 1. The Kier molecular flexibility index (Phi) is 3.23. The molecule has 2 aliphatic heterocycles. The van der Waals surface area contributed by atoms with Crippen molar-refractivity contribution in [3.63, 3.8) is 0 Å². The van der Waals surface area contributed by atoms with Crippen LogP contribution >= 0.6 is 0 Å². The minimum absolute atomic E-state index is 0.125. The van der Waals surface area contributed by atoms with Crippen molar-refractivity contribution in [2.75, 3.05) is 6.79 Å². The van der Waals surface area contributed by atoms with Gasteiger partial charge < -0.3 is 19.5 Å². The van der Waals surface area contributed by atoms with Crippen LogP contribution in [0, 0.1) is 5.92 Å². The first kappa shape index (κ1) is 13.7. The molecule has 6 nitrogen and oxygen atoms in total. The molecule has 1 N–H and O–H groups in total. The van der Waals surface area contributed by atoms with Gasteiger partial charge in [-0.2, -0.15) is 0 Å². The van der Waals surface area contributed by atoms with Crippen LogP contribution in [0.1, 0.15) is 25.8 Å². The Morgan fingerprint density at radius 3 is 2.81 bits per heavy atom. The molecular formula is C15H17NO5. The summed E-state index contributed by atoms with van der Waals surface area (Å²) < 4.78 is 15.7. The van der Waals surface area contributed by atoms with Crippen molar-refractivity contribution < 1.29 is 23.8 Å². The molecule has 0 aliphatic carbocycles. The summed E-state index contributed by atoms with van der Waals surface area (Å²) in [6, 6.07) is 5.52. The van der Waals surface area contributed by atoms with E-state index >= 15 is 0 Å². The van der Waals surface area contributed by atoms with Crippen LogP contribution in [-0.2, 0) is 20.9 Å². The highest BCUT2D eigenvalue weighted by Gasteiger charge is 2.45. The van der Waals surface area contributed by atoms with E-state index in [1.807, 2.05) is 18.2 Å². The van der Waals surface area contributed by atoms with Crippen LogP contribution < -0.4 is 14.8 Å². The molecule has 0 bridgehead atoms. The van der Waals surface area contributed by atoms with Gasteiger partial charge in [0.05, 0.1) is 12.3 Å². The standard InChI is InChI=1S/C15H17NO5/c1-15(2)10(6-13(17)21-15)14(18)16-7-9-3-4-11-12(5-9)20-8-19-11/h3-5,10H,6-8H2,1-2H3,(H,16,18). The molecule has 1 unspecified atom stereocenters. The van der Waals surface area contributed by atoms with E-state index in [9.17, 15) is 9.59 Å². The number of ether oxygens (including phenoxy) is 3. The van der Waals surface area contributed by atoms with Gasteiger partial charge in [0.25, 0.3) is 0 Å². The quantitative estimate of drug-likeness (QED) is 0.851. The van der Waals surface area contributed by atoms with Crippen LogP contribution in [0.5, 0.6) is 11.5 Å². The van der Waals surface area contributed by atoms with E-state index in [0.717, 1.165) is 5.56 Å². The SMILES string of the molecule is CC1(C)OC(=O)CC1C(=O)NCc1ccc2c(c1)OCO2. The Morgan fingerprint density at radius 1 is 1.33 bits per heavy atom. The molecule has 0 aromatic heterocycles. The van der Waals surface area contributed by atoms with Crippen molar-refractivity contribution in [3.05, 3.63) is 23.8 Å². The first-order chi connectivity index (χ1) is 9.95. The van der Waals surface area contributed by atoms with Gasteiger partial charge in [0.2, 0.25) is 12.7 Å². The topological polar surface area (TPSA) is 73.9 Å². The van der Waals surface area contributed by atoms with Crippen molar-refractivity contribution in [1.82, 2.24) is 5.32 Å². The van der Waals surface area contributed by atoms with Crippen LogP contribution in [-0.4, -0.2) is 24.3 Å². The third-order valence-electron chi connectivity index (χ3n) is 3.81. The summed E-state index contributed by atoms with van der Waals surface area (Å²) in [5.74, 6) is 0.424. The Morgan fingerprint density at radius 2 is 2.10 bits per heavy atom. The van der Waals surface area contributed by atoms with E-state index in [2.05, 4.69) is 5.32 Å². The molecule has 2 heterocycles. The number of hydrogen-bond donors (Lipinski definition) is 1. The van der Waals surface area contributed by atoms with Crippen molar-refractivity contribution >= 4 is 11.9 Å². The zero-order valence-corrected chi connectivity index (χ0v) is 12.0. The maximum atomic E-state index is 12.2. The fourth-order valence-electron chi connectivity index (χ4n) is 2.59. The summed E-state index contributed by atoms with van der Waals surface area (Å²) in [5, 5.41) is 2.84. The highest BCUT2D eigenvalue weighted by molar-refractivity contribution is 5.87. The normalized spacial score (nSPS) is 22.0. The average Bonchev–Trinajstić information content (AvgIpc) is 2.98. The molecule has 1 aromatic carbocycles. The van der Waals surface area contributed by atoms with Crippen LogP contribution in [0.2, 0.25) is 0 Å². The molecule has 3 rings (SSSR count). The van der Waals surface area contributed by atoms with Crippen LogP contribution in [0.15, 0.2) is 18.2 Å². The summed E-state index contributed by atoms with van der Waals surface area (Å²) in [6.45, 7) is 4.10. The molecule has 0 saturated carbocycles. The predicted octanol–water partition coefficient (Wildman–Crippen LogP) is 1.37. The fourth-order valence-corrected chi connectivity index (χ4v) is 2.59. The number of fused-ring (bicyclic) bond motifs is 1. The summed E-state index contributed by atoms with van der Waals surface area (Å²) in [6.07, 6.45) is 0.125. The second kappa shape index (κ2) is 4.95. The first-order valence-corrected chi connectivity index (χ1v) is 6.84. The van der Waals surface area contributed by atoms with E-state index in [-0.39, 0.29) is 25.1 Å². The number of esters is 1. The molecule has 6 heteroatoms. The number of rotatable bonds is 3. The number of hydrogen-bond acceptors (Lipinski definition) is 5. The summed E-state index contributed by atoms with van der Waals surface area (Å²) in [5.41, 5.74) is 0.159. The lowest BCUT2D eigenvalue weighted by Crippen LogP contribution is -2.40. The third kappa shape index (κ3) is 2.66. The van der Waals surface area contributed by atoms with Crippen LogP contribution in [0.3, 0.4) is 0 Å². The molecule has 1 atom stereocenters. The van der Waals surface area contributed by atoms with Gasteiger partial charge in [-0.25, -0.2) is 0 Å². The second-order valence-electron chi connectivity index (χ2n) is 5.74. The van der Waals surface area contributed by atoms with E-state index in [4.69, 9.17) is 14.2 Å². The lowest BCUT2D eigenvalue weighted by atomic mass is 9.90. The molecule has 1 amide bonds. The van der Waals surface area contributed by atoms with E-state index in [0.29, 0.717) is 18.0 Å². The first-order valence-electron chi connectivity index (χ1n) is 6.84. The molecule has 21 heavy (non-hydrogen) atoms. The van der Waals surface area contributed by atoms with Crippen molar-refractivity contribution in [3.8, 4) is 11.5 Å². The largest absolute Gasteiger partial charge is 0.459 e. The van der Waals surface area contributed by atoms with Crippen molar-refractivity contribution in [2.45, 2.75) is 32.4 Å². The number of carbonyl (C=O) groups excluding carboxylic acids is 2. The predicted molar refractivity (Wildman–Crippen MR) is 72.7 cm³/mol. The highest BCUT2D eigenvalue weighted by atomic mass is 16.7. The number of carbonyl (C=O) groups is 2. The summed E-state index contributed by atoms with van der Waals surface area (Å²) >= 11 is 0. The zero-order chi connectivity index (χ0) is 15.0. The maximum Gasteiger partial charge on any atom is 0.307 e. The average molecular weight is 291 g/mol. The highest BCUT2D eigenvalue weighted by Crippen LogP contribution is 2.34. The van der Waals surface area contributed by atoms with Gasteiger partial charge in [-0.05, 0) is 31.5 Å². The summed E-state index contributed by atoms with van der Waals surface area (Å²) in [7, 11) is 0. The minimum Gasteiger partial charge on any atom is -0.459 e. The molecule has 1 aromatic rings. The van der Waals surface area contributed by atoms with Crippen LogP contribution in [0.4, 0.5) is 0 Å². The molecular weight excluding hydrogens is 274 g/mol. The summed E-state index contributed by atoms with van der Waals surface area (Å²) in [4.78, 5) is 23.6. The Bertz CT molecular complexity index is 596. The molecule has 1 saturated heterocycles. The molecule has 112 valence electrons. The third-order valence-corrected chi connectivity index (χ3v) is 3.81. The van der Waals surface area contributed by atoms with Gasteiger partial charge >= 0.3 is 5.97 Å². The number of amides is 1. The maximum absolute atomic E-state index is 12.2. The van der Waals surface area contributed by atoms with Gasteiger partial charge in [-0.1, -0.05) is 6.07 Å². The van der Waals surface area contributed by atoms with E-state index in [1.165, 1.54) is 0 Å². The van der Waals surface area contributed by atoms with Crippen molar-refractivity contribution in [2.24, 2.45) is 5.92 Å². The Hall–Kier alpha value is -2.24. The number of cyclic esters (lactones) is 1. The minimum atomic E-state index is -0.754. The smallest absolute Gasteiger partial charge is 0.307 e. The zero-order valence-electron chi connectivity index (χ0n) is 12.0. The Labute approximate surface area is 122 Å². The molecule has 1 fully saturated rings. The molecule has 0 spiro atoms. The monoisotopic (exact) mass is 291 g/mol. The lowest BCUT2D eigenvalue weighted by Gasteiger charge is -2.23. The van der Waals surface area contributed by atoms with Crippen LogP contribution in [0.25, 0.3) is 0 Å². The van der Waals surface area contributed by atoms with Gasteiger partial charge in [0, 0.05) is 6.54 Å². The Balaban J connectivity index is 1.62.